The minimum Gasteiger partial charge on any atom is -0.458 e. The monoisotopic (exact) mass is 1040 g/mol. The maximum absolute atomic E-state index is 13.9. The molecule has 0 bridgehead atoms. The first kappa shape index (κ1) is 56.3. The third-order valence-corrected chi connectivity index (χ3v) is 12.7. The molecule has 0 spiro atoms. The number of nitrogens with one attached hydrogen (secondary N) is 4. The number of benzene rings is 3. The van der Waals surface area contributed by atoms with E-state index in [0.717, 1.165) is 46.1 Å². The molecule has 2 aromatic carbocycles. The normalized spacial score (nSPS) is 17.6. The quantitative estimate of drug-likeness (QED) is 0.0280. The van der Waals surface area contributed by atoms with E-state index >= 15 is 0 Å². The molecule has 20 nitrogen and oxygen atoms in total. The molecule has 3 aliphatic heterocycles. The van der Waals surface area contributed by atoms with Crippen LogP contribution in [0.1, 0.15) is 81.3 Å². The van der Waals surface area contributed by atoms with E-state index in [2.05, 4.69) is 27.3 Å². The van der Waals surface area contributed by atoms with Gasteiger partial charge in [-0.1, -0.05) is 31.5 Å². The lowest BCUT2D eigenvalue weighted by Crippen LogP contribution is -2.56. The second-order valence-electron chi connectivity index (χ2n) is 18.6. The summed E-state index contributed by atoms with van der Waals surface area (Å²) in [5.74, 6) is -0.806. The summed E-state index contributed by atoms with van der Waals surface area (Å²) in [5, 5.41) is 12.5. The van der Waals surface area contributed by atoms with E-state index in [1.165, 1.54) is 15.9 Å². The van der Waals surface area contributed by atoms with Crippen LogP contribution in [0, 0.1) is 20.8 Å². The molecule has 4 unspecified atom stereocenters. The van der Waals surface area contributed by atoms with Gasteiger partial charge >= 0.3 is 18.1 Å². The van der Waals surface area contributed by atoms with Gasteiger partial charge in [0.05, 0.1) is 39.1 Å². The predicted octanol–water partition coefficient (Wildman–Crippen LogP) is 5.94. The van der Waals surface area contributed by atoms with Crippen molar-refractivity contribution in [1.82, 2.24) is 31.1 Å². The second-order valence-corrected chi connectivity index (χ2v) is 18.6. The van der Waals surface area contributed by atoms with Gasteiger partial charge in [-0.2, -0.15) is 0 Å². The van der Waals surface area contributed by atoms with Crippen LogP contribution in [0.15, 0.2) is 69.5 Å². The molecule has 3 heterocycles. The summed E-state index contributed by atoms with van der Waals surface area (Å²) in [7, 11) is 1.66. The van der Waals surface area contributed by atoms with Crippen LogP contribution in [-0.4, -0.2) is 157 Å². The fourth-order valence-electron chi connectivity index (χ4n) is 8.40. The Morgan fingerprint density at radius 3 is 2.27 bits per heavy atom. The molecule has 4 atom stereocenters. The standard InChI is InChI=1S/C55H74N6O14/c1-8-9-16-56-48(63)33-71-34-50(64)75-45-31-49(73-39(45)6)61-32-38(5)52(59-54(61)66)57-17-12-20-68-23-25-70-26-24-69-21-13-18-58-55(67)72-22-19-60(7)53(65)41-15-11-10-14-40(41)51-42-27-35(2)36(3)29-46(42)74-47-30-44(62)37(4)28-43(47)51/h10-11,14-15,27-30,32,39,45,49,52,57H,8-9,12-13,16-26,31,33-34H2,1-7H3,(H,56,63)(H,58,67)(H,59,66)/i6D. The molecule has 0 aromatic heterocycles. The van der Waals surface area contributed by atoms with E-state index in [9.17, 15) is 28.8 Å². The van der Waals surface area contributed by atoms with E-state index < -0.39 is 49.3 Å². The number of likely N-dealkylation sites (N-methyl/N-ethyl adjacent to an activating group) is 1. The predicted molar refractivity (Wildman–Crippen MR) is 280 cm³/mol. The molecule has 1 fully saturated rings. The zero-order chi connectivity index (χ0) is 54.6. The number of carbonyl (C=O) groups is 5. The number of fused-ring (bicyclic) bond motifs is 2. The molecule has 408 valence electrons. The Balaban J connectivity index is 0.781. The summed E-state index contributed by atoms with van der Waals surface area (Å²) in [4.78, 5) is 79.3. The molecule has 20 heteroatoms. The molecule has 75 heavy (non-hydrogen) atoms. The van der Waals surface area contributed by atoms with Gasteiger partial charge in [0.2, 0.25) is 5.91 Å². The van der Waals surface area contributed by atoms with Crippen LogP contribution in [0.4, 0.5) is 9.59 Å². The SMILES string of the molecule is [2H]CC1OC(N2C=C(C)C(NCCCOCCOCCOCCCNC(=O)OCCN(C)C(=O)c3ccccc3-c3c4cc(C)c(=O)cc-4oc4cc(C)c(C)cc34)NC2=O)CC1OC(=O)COCC(=O)NCCCC. The molecule has 1 saturated heterocycles. The number of carbonyl (C=O) groups excluding carboxylic acids is 5. The highest BCUT2D eigenvalue weighted by Crippen LogP contribution is 2.42. The molecule has 1 aliphatic carbocycles. The van der Waals surface area contributed by atoms with Crippen molar-refractivity contribution in [2.24, 2.45) is 0 Å². The molecular formula is C55H74N6O14. The fraction of sp³-hybridized carbons (Fsp3) is 0.527. The number of rotatable bonds is 29. The van der Waals surface area contributed by atoms with Crippen LogP contribution in [0.3, 0.4) is 0 Å². The highest BCUT2D eigenvalue weighted by Gasteiger charge is 2.41. The number of unbranched alkanes of at least 4 members (excludes halogenated alkanes) is 1. The summed E-state index contributed by atoms with van der Waals surface area (Å²) in [6, 6.07) is 14.3. The lowest BCUT2D eigenvalue weighted by molar-refractivity contribution is -0.157. The number of esters is 1. The zero-order valence-electron chi connectivity index (χ0n) is 45.1. The van der Waals surface area contributed by atoms with E-state index in [4.69, 9.17) is 38.9 Å². The van der Waals surface area contributed by atoms with Crippen molar-refractivity contribution in [3.63, 3.8) is 0 Å². The van der Waals surface area contributed by atoms with E-state index in [1.54, 1.807) is 26.2 Å². The Kier molecular flexibility index (Phi) is 21.8. The molecule has 2 aromatic rings. The highest BCUT2D eigenvalue weighted by molar-refractivity contribution is 6.09. The summed E-state index contributed by atoms with van der Waals surface area (Å²) in [5.41, 5.74) is 6.70. The van der Waals surface area contributed by atoms with Gasteiger partial charge in [-0.3, -0.25) is 24.6 Å². The maximum atomic E-state index is 13.9. The Bertz CT molecular complexity index is 2660. The van der Waals surface area contributed by atoms with Crippen molar-refractivity contribution in [2.45, 2.75) is 98.2 Å². The zero-order valence-corrected chi connectivity index (χ0v) is 44.1. The van der Waals surface area contributed by atoms with Crippen LogP contribution in [0.5, 0.6) is 0 Å². The minimum atomic E-state index is -0.751. The molecular weight excluding hydrogens is 969 g/mol. The number of hydrogen-bond donors (Lipinski definition) is 4. The van der Waals surface area contributed by atoms with Crippen molar-refractivity contribution < 1.29 is 62.9 Å². The molecule has 6 rings (SSSR count). The molecule has 4 N–H and O–H groups in total. The van der Waals surface area contributed by atoms with Crippen molar-refractivity contribution in [3.8, 4) is 22.5 Å². The summed E-state index contributed by atoms with van der Waals surface area (Å²) >= 11 is 0. The molecule has 4 aliphatic rings. The Morgan fingerprint density at radius 1 is 0.813 bits per heavy atom. The largest absolute Gasteiger partial charge is 0.458 e. The average Bonchev–Trinajstić information content (AvgIpc) is 3.83. The summed E-state index contributed by atoms with van der Waals surface area (Å²) < 4.78 is 53.0. The molecule has 0 radical (unpaired) electrons. The summed E-state index contributed by atoms with van der Waals surface area (Å²) in [6.07, 6.45) is 1.70. The van der Waals surface area contributed by atoms with Gasteiger partial charge in [0.1, 0.15) is 49.7 Å². The third-order valence-electron chi connectivity index (χ3n) is 12.7. The van der Waals surface area contributed by atoms with Gasteiger partial charge in [-0.05, 0) is 112 Å². The van der Waals surface area contributed by atoms with Crippen molar-refractivity contribution in [1.29, 1.82) is 0 Å². The van der Waals surface area contributed by atoms with Gasteiger partial charge in [0.15, 0.2) is 5.43 Å². The van der Waals surface area contributed by atoms with Crippen molar-refractivity contribution in [3.05, 3.63) is 92.8 Å². The van der Waals surface area contributed by atoms with Gasteiger partial charge in [0.25, 0.3) is 5.91 Å². The minimum absolute atomic E-state index is 0.0120. The summed E-state index contributed by atoms with van der Waals surface area (Å²) in [6.45, 7) is 12.9. The van der Waals surface area contributed by atoms with E-state index in [0.29, 0.717) is 100 Å². The first-order chi connectivity index (χ1) is 36.7. The average molecular weight is 1040 g/mol. The Morgan fingerprint density at radius 2 is 1.52 bits per heavy atom. The van der Waals surface area contributed by atoms with Gasteiger partial charge in [-0.25, -0.2) is 14.4 Å². The van der Waals surface area contributed by atoms with E-state index in [-0.39, 0.29) is 50.3 Å². The highest BCUT2D eigenvalue weighted by atomic mass is 16.6. The molecule has 0 saturated carbocycles. The van der Waals surface area contributed by atoms with Crippen LogP contribution in [0.25, 0.3) is 33.4 Å². The maximum Gasteiger partial charge on any atom is 0.407 e. The van der Waals surface area contributed by atoms with Gasteiger partial charge in [0, 0.05) is 75.5 Å². The first-order valence-corrected chi connectivity index (χ1v) is 25.6. The lowest BCUT2D eigenvalue weighted by Gasteiger charge is -2.34. The number of nitrogens with zero attached hydrogens (tertiary/aromatic N) is 2. The van der Waals surface area contributed by atoms with Crippen LogP contribution in [-0.2, 0) is 42.7 Å². The number of amides is 5. The first-order valence-electron chi connectivity index (χ1n) is 26.4. The van der Waals surface area contributed by atoms with Gasteiger partial charge < -0.3 is 58.4 Å². The lowest BCUT2D eigenvalue weighted by atomic mass is 9.88. The van der Waals surface area contributed by atoms with Crippen LogP contribution in [0.2, 0.25) is 0 Å². The molecule has 5 amide bonds. The number of ether oxygens (including phenoxy) is 7. The number of hydrogen-bond acceptors (Lipinski definition) is 15. The number of alkyl carbamates (subject to hydrolysis) is 1. The Hall–Kier alpha value is -6.42. The third kappa shape index (κ3) is 16.8. The smallest absolute Gasteiger partial charge is 0.407 e. The van der Waals surface area contributed by atoms with Crippen LogP contribution >= 0.6 is 0 Å². The van der Waals surface area contributed by atoms with Gasteiger partial charge in [-0.15, -0.1) is 0 Å². The van der Waals surface area contributed by atoms with E-state index in [1.807, 2.05) is 58.0 Å². The number of aryl methyl sites for hydroxylation is 3. The number of urea groups is 1. The fourth-order valence-corrected chi connectivity index (χ4v) is 8.40. The topological polar surface area (TPSA) is 235 Å². The van der Waals surface area contributed by atoms with Crippen molar-refractivity contribution >= 4 is 40.9 Å². The Labute approximate surface area is 439 Å². The van der Waals surface area contributed by atoms with Crippen LogP contribution < -0.4 is 26.7 Å². The second kappa shape index (κ2) is 29.0. The van der Waals surface area contributed by atoms with Crippen molar-refractivity contribution in [2.75, 3.05) is 92.7 Å².